The molecule has 2 aromatic heterocycles. The van der Waals surface area contributed by atoms with Gasteiger partial charge in [0.2, 0.25) is 5.91 Å². The van der Waals surface area contributed by atoms with Gasteiger partial charge in [-0.25, -0.2) is 4.98 Å². The van der Waals surface area contributed by atoms with Gasteiger partial charge in [0.15, 0.2) is 5.16 Å². The Bertz CT molecular complexity index is 1060. The van der Waals surface area contributed by atoms with E-state index in [0.717, 1.165) is 12.0 Å². The summed E-state index contributed by atoms with van der Waals surface area (Å²) in [6.45, 7) is 2.44. The summed E-state index contributed by atoms with van der Waals surface area (Å²) in [5.41, 5.74) is 6.82. The van der Waals surface area contributed by atoms with Gasteiger partial charge in [0.05, 0.1) is 10.3 Å². The van der Waals surface area contributed by atoms with Crippen LogP contribution in [0.2, 0.25) is 5.02 Å². The summed E-state index contributed by atoms with van der Waals surface area (Å²) in [6.07, 6.45) is 2.72. The van der Waals surface area contributed by atoms with Crippen molar-refractivity contribution in [2.45, 2.75) is 36.7 Å². The van der Waals surface area contributed by atoms with E-state index in [1.807, 2.05) is 37.3 Å². The molecule has 156 valence electrons. The Morgan fingerprint density at radius 2 is 2.03 bits per heavy atom. The number of carbonyl (C=O) groups is 1. The van der Waals surface area contributed by atoms with Gasteiger partial charge in [-0.1, -0.05) is 60.6 Å². The average molecular weight is 444 g/mol. The first-order chi connectivity index (χ1) is 14.5. The molecule has 3 N–H and O–H groups in total. The Kier molecular flexibility index (Phi) is 7.48. The summed E-state index contributed by atoms with van der Waals surface area (Å²) < 4.78 is 1.77. The van der Waals surface area contributed by atoms with E-state index in [4.69, 9.17) is 17.3 Å². The molecule has 0 spiro atoms. The van der Waals surface area contributed by atoms with Crippen LogP contribution in [-0.4, -0.2) is 25.7 Å². The van der Waals surface area contributed by atoms with E-state index in [2.05, 4.69) is 15.3 Å². The zero-order valence-electron chi connectivity index (χ0n) is 16.4. The average Bonchev–Trinajstić information content (AvgIpc) is 2.73. The number of rotatable bonds is 8. The van der Waals surface area contributed by atoms with Crippen LogP contribution >= 0.6 is 23.4 Å². The number of nitrogens with one attached hydrogen (secondary N) is 1. The topological polar surface area (TPSA) is 103 Å². The molecule has 1 amide bonds. The van der Waals surface area contributed by atoms with Crippen LogP contribution in [0.15, 0.2) is 64.7 Å². The van der Waals surface area contributed by atoms with Crippen molar-refractivity contribution >= 4 is 40.9 Å². The Balaban J connectivity index is 1.78. The fourth-order valence-electron chi connectivity index (χ4n) is 2.81. The van der Waals surface area contributed by atoms with Crippen LogP contribution in [0.5, 0.6) is 0 Å². The van der Waals surface area contributed by atoms with Gasteiger partial charge >= 0.3 is 0 Å². The number of hydrogen-bond acceptors (Lipinski definition) is 6. The number of hydrogen-bond donors (Lipinski definition) is 2. The smallest absolute Gasteiger partial charge is 0.275 e. The number of pyridine rings is 1. The van der Waals surface area contributed by atoms with Crippen LogP contribution in [0, 0.1) is 0 Å². The van der Waals surface area contributed by atoms with Crippen molar-refractivity contribution in [3.8, 4) is 0 Å². The molecule has 0 aliphatic rings. The second-order valence-corrected chi connectivity index (χ2v) is 8.16. The van der Waals surface area contributed by atoms with Gasteiger partial charge in [0.25, 0.3) is 5.56 Å². The van der Waals surface area contributed by atoms with Crippen molar-refractivity contribution in [3.05, 3.63) is 75.7 Å². The number of thioether (sulfide) groups is 1. The van der Waals surface area contributed by atoms with Crippen molar-refractivity contribution in [3.63, 3.8) is 0 Å². The number of benzene rings is 1. The fourth-order valence-corrected chi connectivity index (χ4v) is 3.97. The lowest BCUT2D eigenvalue weighted by Crippen LogP contribution is -2.27. The van der Waals surface area contributed by atoms with Crippen LogP contribution in [0.3, 0.4) is 0 Å². The number of aromatic nitrogens is 3. The van der Waals surface area contributed by atoms with E-state index in [9.17, 15) is 9.59 Å². The van der Waals surface area contributed by atoms with Gasteiger partial charge in [-0.15, -0.1) is 0 Å². The highest BCUT2D eigenvalue weighted by Gasteiger charge is 2.22. The fraction of sp³-hybridized carbons (Fsp3) is 0.238. The summed E-state index contributed by atoms with van der Waals surface area (Å²) in [7, 11) is 0. The van der Waals surface area contributed by atoms with E-state index in [0.29, 0.717) is 34.8 Å². The summed E-state index contributed by atoms with van der Waals surface area (Å²) in [5, 5.41) is 3.20. The largest absolute Gasteiger partial charge is 0.385 e. The number of nitrogens with zero attached hydrogens (tertiary/aromatic N) is 3. The standard InChI is InChI=1S/C21H22ClN5O2S/c1-2-16(20(29)25-18-9-8-15(22)13-24-18)30-21-26-19(28)12-17(23)27(21)11-10-14-6-4-3-5-7-14/h3-9,12-13,16H,2,10-11,23H2,1H3,(H,24,25,29)/t16-/m1/s1. The van der Waals surface area contributed by atoms with Crippen molar-refractivity contribution in [1.82, 2.24) is 14.5 Å². The van der Waals surface area contributed by atoms with Gasteiger partial charge in [0, 0.05) is 18.8 Å². The maximum absolute atomic E-state index is 12.7. The van der Waals surface area contributed by atoms with E-state index in [1.165, 1.54) is 24.0 Å². The van der Waals surface area contributed by atoms with Crippen LogP contribution < -0.4 is 16.6 Å². The summed E-state index contributed by atoms with van der Waals surface area (Å²) in [4.78, 5) is 32.9. The van der Waals surface area contributed by atoms with Crippen molar-refractivity contribution in [2.75, 3.05) is 11.1 Å². The quantitative estimate of drug-likeness (QED) is 0.407. The zero-order valence-corrected chi connectivity index (χ0v) is 18.0. The molecule has 0 saturated heterocycles. The van der Waals surface area contributed by atoms with Gasteiger partial charge in [-0.05, 0) is 30.5 Å². The molecule has 0 fully saturated rings. The second-order valence-electron chi connectivity index (χ2n) is 6.55. The predicted octanol–water partition coefficient (Wildman–Crippen LogP) is 3.63. The van der Waals surface area contributed by atoms with Crippen molar-refractivity contribution in [1.29, 1.82) is 0 Å². The first kappa shape index (κ1) is 21.9. The minimum atomic E-state index is -0.473. The molecule has 2 heterocycles. The maximum Gasteiger partial charge on any atom is 0.275 e. The zero-order chi connectivity index (χ0) is 21.5. The van der Waals surface area contributed by atoms with E-state index in [-0.39, 0.29) is 5.91 Å². The van der Waals surface area contributed by atoms with Gasteiger partial charge in [-0.3, -0.25) is 9.59 Å². The molecule has 3 rings (SSSR count). The van der Waals surface area contributed by atoms with Crippen molar-refractivity contribution in [2.24, 2.45) is 0 Å². The van der Waals surface area contributed by atoms with Gasteiger partial charge in [-0.2, -0.15) is 4.98 Å². The molecule has 1 atom stereocenters. The summed E-state index contributed by atoms with van der Waals surface area (Å²) in [5.74, 6) is 0.497. The molecule has 0 aliphatic carbocycles. The first-order valence-electron chi connectivity index (χ1n) is 9.46. The molecule has 0 aliphatic heterocycles. The number of halogens is 1. The van der Waals surface area contributed by atoms with Crippen LogP contribution in [0.4, 0.5) is 11.6 Å². The normalized spacial score (nSPS) is 11.8. The molecule has 0 unspecified atom stereocenters. The predicted molar refractivity (Wildman–Crippen MR) is 121 cm³/mol. The molecule has 30 heavy (non-hydrogen) atoms. The molecule has 0 bridgehead atoms. The molecule has 7 nitrogen and oxygen atoms in total. The molecular formula is C21H22ClN5O2S. The molecule has 9 heteroatoms. The number of anilines is 2. The number of carbonyl (C=O) groups excluding carboxylic acids is 1. The van der Waals surface area contributed by atoms with E-state index in [1.54, 1.807) is 16.7 Å². The minimum Gasteiger partial charge on any atom is -0.385 e. The third-order valence-corrected chi connectivity index (χ3v) is 5.95. The number of nitrogen functional groups attached to an aromatic ring is 1. The van der Waals surface area contributed by atoms with Gasteiger partial charge < -0.3 is 15.6 Å². The Hall–Kier alpha value is -2.84. The lowest BCUT2D eigenvalue weighted by molar-refractivity contribution is -0.115. The number of amides is 1. The Morgan fingerprint density at radius 1 is 1.27 bits per heavy atom. The molecule has 3 aromatic rings. The van der Waals surface area contributed by atoms with Crippen LogP contribution in [-0.2, 0) is 17.8 Å². The highest BCUT2D eigenvalue weighted by atomic mass is 35.5. The van der Waals surface area contributed by atoms with E-state index < -0.39 is 10.8 Å². The summed E-state index contributed by atoms with van der Waals surface area (Å²) >= 11 is 7.05. The SMILES string of the molecule is CC[C@@H](Sc1nc(=O)cc(N)n1CCc1ccccc1)C(=O)Nc1ccc(Cl)cn1. The highest BCUT2D eigenvalue weighted by molar-refractivity contribution is 8.00. The lowest BCUT2D eigenvalue weighted by Gasteiger charge is -2.18. The molecular weight excluding hydrogens is 422 g/mol. The lowest BCUT2D eigenvalue weighted by atomic mass is 10.1. The monoisotopic (exact) mass is 443 g/mol. The molecule has 1 aromatic carbocycles. The van der Waals surface area contributed by atoms with E-state index >= 15 is 0 Å². The third-order valence-electron chi connectivity index (χ3n) is 4.38. The summed E-state index contributed by atoms with van der Waals surface area (Å²) in [6, 6.07) is 14.5. The first-order valence-corrected chi connectivity index (χ1v) is 10.7. The highest BCUT2D eigenvalue weighted by Crippen LogP contribution is 2.26. The number of aryl methyl sites for hydroxylation is 1. The Labute approximate surface area is 183 Å². The van der Waals surface area contributed by atoms with Crippen molar-refractivity contribution < 1.29 is 4.79 Å². The third kappa shape index (κ3) is 5.84. The molecule has 0 radical (unpaired) electrons. The van der Waals surface area contributed by atoms with Crippen LogP contribution in [0.25, 0.3) is 0 Å². The Morgan fingerprint density at radius 3 is 2.70 bits per heavy atom. The minimum absolute atomic E-state index is 0.233. The van der Waals surface area contributed by atoms with Crippen LogP contribution in [0.1, 0.15) is 18.9 Å². The van der Waals surface area contributed by atoms with Gasteiger partial charge in [0.1, 0.15) is 11.6 Å². The maximum atomic E-state index is 12.7. The molecule has 0 saturated carbocycles. The number of nitrogens with two attached hydrogens (primary N) is 1. The second kappa shape index (κ2) is 10.3.